The minimum absolute atomic E-state index is 0.100. The predicted molar refractivity (Wildman–Crippen MR) is 133 cm³/mol. The molecule has 0 unspecified atom stereocenters. The lowest BCUT2D eigenvalue weighted by Crippen LogP contribution is -2.40. The number of anilines is 1. The molecule has 14 heteroatoms. The topological polar surface area (TPSA) is 131 Å². The molecule has 0 aliphatic carbocycles. The number of nitrogens with zero attached hydrogens (tertiary/aromatic N) is 3. The molecule has 1 saturated heterocycles. The van der Waals surface area contributed by atoms with Crippen LogP contribution in [-0.2, 0) is 26.1 Å². The highest BCUT2D eigenvalue weighted by Gasteiger charge is 2.26. The molecule has 0 saturated carbocycles. The molecule has 2 aromatic carbocycles. The Kier molecular flexibility index (Phi) is 8.64. The molecule has 1 aromatic heterocycles. The van der Waals surface area contributed by atoms with Gasteiger partial charge < -0.3 is 10.1 Å². The number of carbonyl (C=O) groups excluding carboxylic acids is 2. The third kappa shape index (κ3) is 6.85. The first-order chi connectivity index (χ1) is 17.3. The Morgan fingerprint density at radius 3 is 2.44 bits per heavy atom. The van der Waals surface area contributed by atoms with Gasteiger partial charge in [-0.2, -0.15) is 4.31 Å². The first-order valence-electron chi connectivity index (χ1n) is 10.8. The largest absolute Gasteiger partial charge is 0.379 e. The predicted octanol–water partition coefficient (Wildman–Crippen LogP) is 2.36. The Balaban J connectivity index is 1.26. The second-order valence-corrected chi connectivity index (χ2v) is 11.7. The van der Waals surface area contributed by atoms with Gasteiger partial charge in [0.1, 0.15) is 5.82 Å². The van der Waals surface area contributed by atoms with Gasteiger partial charge in [0.15, 0.2) is 4.34 Å². The molecule has 0 bridgehead atoms. The SMILES string of the molecule is O=C(CSc1nnc(NC(=O)c2ccc(S(=O)(=O)N3CCOCC3)cc2)s1)NCc1ccc(F)cc1. The standard InChI is InChI=1S/C22H22FN5O5S3/c23-17-5-1-15(2-6-17)13-24-19(29)14-34-22-27-26-21(35-22)25-20(30)16-3-7-18(8-4-16)36(31,32)28-9-11-33-12-10-28/h1-8H,9-14H2,(H,24,29)(H,25,26,30). The second-order valence-electron chi connectivity index (χ2n) is 7.56. The van der Waals surface area contributed by atoms with Crippen LogP contribution in [-0.4, -0.2) is 66.8 Å². The van der Waals surface area contributed by atoms with Gasteiger partial charge in [-0.1, -0.05) is 35.2 Å². The zero-order chi connectivity index (χ0) is 25.5. The molecule has 1 aliphatic rings. The van der Waals surface area contributed by atoms with Crippen LogP contribution in [0.1, 0.15) is 15.9 Å². The van der Waals surface area contributed by atoms with Crippen LogP contribution >= 0.6 is 23.1 Å². The fourth-order valence-electron chi connectivity index (χ4n) is 3.18. The van der Waals surface area contributed by atoms with E-state index in [0.717, 1.165) is 16.9 Å². The number of nitrogens with one attached hydrogen (secondary N) is 2. The molecule has 2 N–H and O–H groups in total. The van der Waals surface area contributed by atoms with Crippen LogP contribution in [0.15, 0.2) is 57.8 Å². The van der Waals surface area contributed by atoms with E-state index >= 15 is 0 Å². The number of carbonyl (C=O) groups is 2. The lowest BCUT2D eigenvalue weighted by atomic mass is 10.2. The third-order valence-corrected chi connectivity index (χ3v) is 8.97. The molecule has 2 heterocycles. The van der Waals surface area contributed by atoms with E-state index in [1.807, 2.05) is 0 Å². The zero-order valence-electron chi connectivity index (χ0n) is 18.8. The fourth-order valence-corrected chi connectivity index (χ4v) is 6.17. The maximum absolute atomic E-state index is 12.9. The van der Waals surface area contributed by atoms with Gasteiger partial charge in [-0.25, -0.2) is 12.8 Å². The van der Waals surface area contributed by atoms with Crippen molar-refractivity contribution in [2.75, 3.05) is 37.4 Å². The minimum Gasteiger partial charge on any atom is -0.379 e. The summed E-state index contributed by atoms with van der Waals surface area (Å²) in [5.41, 5.74) is 1.04. The van der Waals surface area contributed by atoms with Crippen LogP contribution in [0.3, 0.4) is 0 Å². The number of hydrogen-bond acceptors (Lipinski definition) is 9. The smallest absolute Gasteiger partial charge is 0.257 e. The zero-order valence-corrected chi connectivity index (χ0v) is 21.3. The van der Waals surface area contributed by atoms with E-state index in [4.69, 9.17) is 4.74 Å². The fraction of sp³-hybridized carbons (Fsp3) is 0.273. The maximum atomic E-state index is 12.9. The Morgan fingerprint density at radius 2 is 1.75 bits per heavy atom. The van der Waals surface area contributed by atoms with Crippen molar-refractivity contribution < 1.29 is 27.1 Å². The summed E-state index contributed by atoms with van der Waals surface area (Å²) in [7, 11) is -3.64. The average Bonchev–Trinajstić information content (AvgIpc) is 3.35. The maximum Gasteiger partial charge on any atom is 0.257 e. The number of morpholine rings is 1. The van der Waals surface area contributed by atoms with E-state index in [9.17, 15) is 22.4 Å². The first-order valence-corrected chi connectivity index (χ1v) is 14.0. The van der Waals surface area contributed by atoms with Crippen LogP contribution in [0.2, 0.25) is 0 Å². The highest BCUT2D eigenvalue weighted by Crippen LogP contribution is 2.26. The highest BCUT2D eigenvalue weighted by molar-refractivity contribution is 8.01. The molecule has 4 rings (SSSR count). The number of benzene rings is 2. The van der Waals surface area contributed by atoms with Gasteiger partial charge in [0.25, 0.3) is 5.91 Å². The number of halogens is 1. The molecule has 190 valence electrons. The molecular weight excluding hydrogens is 529 g/mol. The normalized spacial score (nSPS) is 14.4. The number of thioether (sulfide) groups is 1. The quantitative estimate of drug-likeness (QED) is 0.306. The molecule has 2 amide bonds. The van der Waals surface area contributed by atoms with E-state index in [2.05, 4.69) is 20.8 Å². The summed E-state index contributed by atoms with van der Waals surface area (Å²) in [5, 5.41) is 13.5. The molecule has 3 aromatic rings. The van der Waals surface area contributed by atoms with Crippen molar-refractivity contribution in [1.82, 2.24) is 19.8 Å². The van der Waals surface area contributed by atoms with Crippen molar-refractivity contribution in [1.29, 1.82) is 0 Å². The van der Waals surface area contributed by atoms with Crippen LogP contribution in [0, 0.1) is 5.82 Å². The summed E-state index contributed by atoms with van der Waals surface area (Å²) in [5.74, 6) is -0.927. The third-order valence-electron chi connectivity index (χ3n) is 5.08. The van der Waals surface area contributed by atoms with Gasteiger partial charge >= 0.3 is 0 Å². The number of hydrogen-bond donors (Lipinski definition) is 2. The number of rotatable bonds is 9. The Morgan fingerprint density at radius 1 is 1.06 bits per heavy atom. The van der Waals surface area contributed by atoms with Crippen molar-refractivity contribution in [2.24, 2.45) is 0 Å². The van der Waals surface area contributed by atoms with Crippen LogP contribution in [0.25, 0.3) is 0 Å². The van der Waals surface area contributed by atoms with E-state index in [1.54, 1.807) is 12.1 Å². The van der Waals surface area contributed by atoms with Crippen molar-refractivity contribution in [2.45, 2.75) is 15.8 Å². The van der Waals surface area contributed by atoms with Gasteiger partial charge in [0, 0.05) is 25.2 Å². The lowest BCUT2D eigenvalue weighted by Gasteiger charge is -2.26. The number of ether oxygens (including phenoxy) is 1. The highest BCUT2D eigenvalue weighted by atomic mass is 32.2. The van der Waals surface area contributed by atoms with Gasteiger partial charge in [0.2, 0.25) is 21.1 Å². The van der Waals surface area contributed by atoms with Crippen molar-refractivity contribution in [3.63, 3.8) is 0 Å². The molecule has 10 nitrogen and oxygen atoms in total. The van der Waals surface area contributed by atoms with Crippen LogP contribution < -0.4 is 10.6 Å². The van der Waals surface area contributed by atoms with Crippen molar-refractivity contribution in [3.8, 4) is 0 Å². The molecule has 1 aliphatic heterocycles. The van der Waals surface area contributed by atoms with E-state index in [0.29, 0.717) is 17.6 Å². The van der Waals surface area contributed by atoms with Crippen LogP contribution in [0.4, 0.5) is 9.52 Å². The Hall–Kier alpha value is -2.91. The first kappa shape index (κ1) is 26.2. The van der Waals surface area contributed by atoms with E-state index in [-0.39, 0.29) is 52.7 Å². The molecular formula is C22H22FN5O5S3. The van der Waals surface area contributed by atoms with E-state index < -0.39 is 15.9 Å². The van der Waals surface area contributed by atoms with Gasteiger partial charge in [-0.3, -0.25) is 14.9 Å². The summed E-state index contributed by atoms with van der Waals surface area (Å²) in [4.78, 5) is 24.7. The molecule has 36 heavy (non-hydrogen) atoms. The summed E-state index contributed by atoms with van der Waals surface area (Å²) in [6, 6.07) is 11.5. The second kappa shape index (κ2) is 11.9. The minimum atomic E-state index is -3.64. The number of amides is 2. The van der Waals surface area contributed by atoms with Gasteiger partial charge in [-0.05, 0) is 42.0 Å². The Labute approximate surface area is 215 Å². The average molecular weight is 552 g/mol. The van der Waals surface area contributed by atoms with Crippen molar-refractivity contribution in [3.05, 3.63) is 65.5 Å². The summed E-state index contributed by atoms with van der Waals surface area (Å²) >= 11 is 2.28. The number of sulfonamides is 1. The monoisotopic (exact) mass is 551 g/mol. The molecule has 0 radical (unpaired) electrons. The summed E-state index contributed by atoms with van der Waals surface area (Å²) < 4.78 is 45.4. The lowest BCUT2D eigenvalue weighted by molar-refractivity contribution is -0.118. The van der Waals surface area contributed by atoms with Crippen molar-refractivity contribution >= 4 is 50.1 Å². The Bertz CT molecular complexity index is 1310. The molecule has 0 spiro atoms. The van der Waals surface area contributed by atoms with E-state index in [1.165, 1.54) is 52.5 Å². The molecule has 0 atom stereocenters. The summed E-state index contributed by atoms with van der Waals surface area (Å²) in [6.45, 7) is 1.56. The number of aromatic nitrogens is 2. The van der Waals surface area contributed by atoms with Gasteiger partial charge in [0.05, 0.1) is 23.9 Å². The van der Waals surface area contributed by atoms with Gasteiger partial charge in [-0.15, -0.1) is 10.2 Å². The summed E-state index contributed by atoms with van der Waals surface area (Å²) in [6.07, 6.45) is 0. The van der Waals surface area contributed by atoms with Crippen LogP contribution in [0.5, 0.6) is 0 Å². The molecule has 1 fully saturated rings.